The van der Waals surface area contributed by atoms with Gasteiger partial charge in [-0.2, -0.15) is 0 Å². The summed E-state index contributed by atoms with van der Waals surface area (Å²) < 4.78 is 17.3. The van der Waals surface area contributed by atoms with Crippen LogP contribution in [-0.4, -0.2) is 43.2 Å². The number of nitrogens with one attached hydrogen (secondary N) is 2. The molecule has 1 amide bonds. The van der Waals surface area contributed by atoms with Gasteiger partial charge in [0.2, 0.25) is 5.91 Å². The first-order valence-corrected chi connectivity index (χ1v) is 14.1. The summed E-state index contributed by atoms with van der Waals surface area (Å²) in [4.78, 5) is 51.6. The molecule has 0 radical (unpaired) electrons. The fourth-order valence-electron chi connectivity index (χ4n) is 5.51. The minimum atomic E-state index is -1.23. The van der Waals surface area contributed by atoms with Gasteiger partial charge in [-0.25, -0.2) is 19.3 Å². The summed E-state index contributed by atoms with van der Waals surface area (Å²) in [6, 6.07) is 13.2. The number of nitrogens with zero attached hydrogens (tertiary/aromatic N) is 4. The molecule has 41 heavy (non-hydrogen) atoms. The lowest BCUT2D eigenvalue weighted by Crippen LogP contribution is -2.36. The first-order valence-electron chi connectivity index (χ1n) is 13.3. The number of fused-ring (bicyclic) bond motifs is 2. The molecule has 0 aliphatic heterocycles. The number of halogens is 1. The van der Waals surface area contributed by atoms with E-state index in [-0.39, 0.29) is 43.4 Å². The Hall–Kier alpha value is -4.51. The normalized spacial score (nSPS) is 18.5. The highest BCUT2D eigenvalue weighted by Crippen LogP contribution is 2.36. The Kier molecular flexibility index (Phi) is 7.27. The molecular weight excluding hydrogens is 543 g/mol. The van der Waals surface area contributed by atoms with Crippen molar-refractivity contribution in [2.24, 2.45) is 11.8 Å². The van der Waals surface area contributed by atoms with E-state index in [1.807, 2.05) is 42.5 Å². The van der Waals surface area contributed by atoms with Crippen LogP contribution in [0.2, 0.25) is 0 Å². The first-order chi connectivity index (χ1) is 19.9. The smallest absolute Gasteiger partial charge is 0.224 e. The van der Waals surface area contributed by atoms with E-state index in [1.54, 1.807) is 23.2 Å². The van der Waals surface area contributed by atoms with Gasteiger partial charge in [0.25, 0.3) is 0 Å². The number of thiazole rings is 1. The number of carbonyl (C=O) groups excluding carboxylic acids is 3. The van der Waals surface area contributed by atoms with Gasteiger partial charge in [-0.15, -0.1) is 11.3 Å². The highest BCUT2D eigenvalue weighted by Gasteiger charge is 2.42. The minimum Gasteiger partial charge on any atom is -0.353 e. The average Bonchev–Trinajstić information content (AvgIpc) is 3.67. The molecule has 9 nitrogen and oxygen atoms in total. The van der Waals surface area contributed by atoms with Crippen molar-refractivity contribution in [1.82, 2.24) is 24.8 Å². The van der Waals surface area contributed by atoms with E-state index in [2.05, 4.69) is 25.6 Å². The molecule has 3 heterocycles. The second-order valence-corrected chi connectivity index (χ2v) is 11.4. The molecule has 3 atom stereocenters. The van der Waals surface area contributed by atoms with Crippen LogP contribution < -0.4 is 10.6 Å². The van der Waals surface area contributed by atoms with Gasteiger partial charge in [-0.3, -0.25) is 14.4 Å². The number of Topliss-reactive ketones (excluding diaryl/α,β-unsaturated/α-hetero) is 2. The molecule has 6 rings (SSSR count). The molecule has 1 unspecified atom stereocenters. The zero-order valence-electron chi connectivity index (χ0n) is 22.2. The van der Waals surface area contributed by atoms with Gasteiger partial charge in [0.05, 0.1) is 47.3 Å². The van der Waals surface area contributed by atoms with Gasteiger partial charge in [-0.1, -0.05) is 12.1 Å². The molecule has 3 aromatic heterocycles. The molecule has 0 saturated heterocycles. The van der Waals surface area contributed by atoms with Crippen LogP contribution in [0.3, 0.4) is 0 Å². The number of alkyl halides is 1. The van der Waals surface area contributed by atoms with Crippen molar-refractivity contribution >= 4 is 61.3 Å². The van der Waals surface area contributed by atoms with Gasteiger partial charge >= 0.3 is 0 Å². The largest absolute Gasteiger partial charge is 0.353 e. The average molecular weight is 571 g/mol. The summed E-state index contributed by atoms with van der Waals surface area (Å²) in [5, 5.41) is 7.52. The predicted octanol–water partition coefficient (Wildman–Crippen LogP) is 5.24. The molecule has 208 valence electrons. The molecule has 2 N–H and O–H groups in total. The van der Waals surface area contributed by atoms with Crippen molar-refractivity contribution in [1.29, 1.82) is 0 Å². The summed E-state index contributed by atoms with van der Waals surface area (Å²) in [6.07, 6.45) is 5.15. The number of aromatic nitrogens is 4. The fraction of sp³-hybridized carbons (Fsp3) is 0.267. The van der Waals surface area contributed by atoms with E-state index < -0.39 is 18.0 Å². The van der Waals surface area contributed by atoms with Crippen LogP contribution in [0.1, 0.15) is 35.1 Å². The maximum absolute atomic E-state index is 14.6. The number of carbonyl (C=O) groups is 3. The molecule has 1 aliphatic rings. The summed E-state index contributed by atoms with van der Waals surface area (Å²) in [5.74, 6) is -2.23. The summed E-state index contributed by atoms with van der Waals surface area (Å²) in [7, 11) is 0. The summed E-state index contributed by atoms with van der Waals surface area (Å²) in [5.41, 5.74) is 3.46. The Labute approximate surface area is 238 Å². The van der Waals surface area contributed by atoms with Crippen LogP contribution in [-0.2, 0) is 22.7 Å². The standard InChI is InChI=1S/C30H27FN6O3S/c1-17(38)24-14-37(26-7-6-19(10-21(24)26)35-20-11-32-16-33-12-20)15-27(39)22-8-18(31)9-23(22)30(40)34-13-29-36-25-4-2-3-5-28(25)41-29/h2-7,10-12,14,16,18,22-23,35H,8-9,13,15H2,1H3,(H,34,40)/t18-,22?,23+/m0/s1. The quantitative estimate of drug-likeness (QED) is 0.233. The summed E-state index contributed by atoms with van der Waals surface area (Å²) >= 11 is 1.49. The maximum Gasteiger partial charge on any atom is 0.224 e. The number of hydrogen-bond donors (Lipinski definition) is 2. The first kappa shape index (κ1) is 26.7. The topological polar surface area (TPSA) is 119 Å². The molecule has 5 aromatic rings. The van der Waals surface area contributed by atoms with Crippen molar-refractivity contribution in [2.45, 2.75) is 39.0 Å². The van der Waals surface area contributed by atoms with E-state index in [0.717, 1.165) is 20.9 Å². The van der Waals surface area contributed by atoms with Crippen molar-refractivity contribution in [2.75, 3.05) is 5.32 Å². The van der Waals surface area contributed by atoms with Crippen molar-refractivity contribution in [3.8, 4) is 0 Å². The Morgan fingerprint density at radius 3 is 2.61 bits per heavy atom. The lowest BCUT2D eigenvalue weighted by atomic mass is 9.91. The van der Waals surface area contributed by atoms with E-state index in [1.165, 1.54) is 24.6 Å². The van der Waals surface area contributed by atoms with Crippen LogP contribution >= 0.6 is 11.3 Å². The summed E-state index contributed by atoms with van der Waals surface area (Å²) in [6.45, 7) is 1.63. The van der Waals surface area contributed by atoms with E-state index in [9.17, 15) is 18.8 Å². The van der Waals surface area contributed by atoms with Crippen LogP contribution in [0.15, 0.2) is 67.4 Å². The van der Waals surface area contributed by atoms with Gasteiger partial charge < -0.3 is 15.2 Å². The number of amides is 1. The van der Waals surface area contributed by atoms with Crippen LogP contribution in [0.4, 0.5) is 15.8 Å². The highest BCUT2D eigenvalue weighted by atomic mass is 32.1. The highest BCUT2D eigenvalue weighted by molar-refractivity contribution is 7.18. The zero-order chi connectivity index (χ0) is 28.5. The molecule has 1 saturated carbocycles. The second kappa shape index (κ2) is 11.2. The molecule has 2 aromatic carbocycles. The van der Waals surface area contributed by atoms with Crippen molar-refractivity contribution in [3.05, 3.63) is 78.0 Å². The number of rotatable bonds is 9. The zero-order valence-corrected chi connectivity index (χ0v) is 23.0. The Morgan fingerprint density at radius 1 is 1.05 bits per heavy atom. The van der Waals surface area contributed by atoms with Gasteiger partial charge in [0.15, 0.2) is 11.6 Å². The maximum atomic E-state index is 14.6. The third-order valence-corrected chi connectivity index (χ3v) is 8.48. The van der Waals surface area contributed by atoms with Crippen LogP contribution in [0.25, 0.3) is 21.1 Å². The lowest BCUT2D eigenvalue weighted by molar-refractivity contribution is -0.132. The van der Waals surface area contributed by atoms with Gasteiger partial charge in [0, 0.05) is 34.3 Å². The van der Waals surface area contributed by atoms with Gasteiger partial charge in [0.1, 0.15) is 17.5 Å². The van der Waals surface area contributed by atoms with E-state index in [4.69, 9.17) is 0 Å². The molecule has 0 spiro atoms. The van der Waals surface area contributed by atoms with Crippen molar-refractivity contribution < 1.29 is 18.8 Å². The number of anilines is 2. The number of benzene rings is 2. The number of hydrogen-bond acceptors (Lipinski definition) is 8. The molecular formula is C30H27FN6O3S. The van der Waals surface area contributed by atoms with E-state index in [0.29, 0.717) is 22.2 Å². The Bertz CT molecular complexity index is 1740. The number of ketones is 2. The molecule has 11 heteroatoms. The monoisotopic (exact) mass is 570 g/mol. The lowest BCUT2D eigenvalue weighted by Gasteiger charge is -2.18. The van der Waals surface area contributed by atoms with Crippen LogP contribution in [0.5, 0.6) is 0 Å². The third kappa shape index (κ3) is 5.58. The minimum absolute atomic E-state index is 0.00401. The van der Waals surface area contributed by atoms with Crippen LogP contribution in [0, 0.1) is 11.8 Å². The van der Waals surface area contributed by atoms with Gasteiger partial charge in [-0.05, 0) is 50.1 Å². The van der Waals surface area contributed by atoms with E-state index >= 15 is 0 Å². The SMILES string of the molecule is CC(=O)c1cn(CC(=O)C2C[C@H](F)C[C@H]2C(=O)NCc2nc3ccccc3s2)c2ccc(Nc3cncnc3)cc12. The molecule has 1 aliphatic carbocycles. The number of para-hydroxylation sites is 1. The second-order valence-electron chi connectivity index (χ2n) is 10.3. The Morgan fingerprint density at radius 2 is 1.83 bits per heavy atom. The Balaban J connectivity index is 1.18. The molecule has 1 fully saturated rings. The fourth-order valence-corrected chi connectivity index (χ4v) is 6.42. The third-order valence-electron chi connectivity index (χ3n) is 7.44. The molecule has 0 bridgehead atoms. The predicted molar refractivity (Wildman–Crippen MR) is 155 cm³/mol. The van der Waals surface area contributed by atoms with Crippen molar-refractivity contribution in [3.63, 3.8) is 0 Å².